The van der Waals surface area contributed by atoms with Gasteiger partial charge in [-0.15, -0.1) is 0 Å². The molecule has 0 bridgehead atoms. The summed E-state index contributed by atoms with van der Waals surface area (Å²) in [5, 5.41) is 2.85. The highest BCUT2D eigenvalue weighted by Gasteiger charge is 2.42. The van der Waals surface area contributed by atoms with Crippen LogP contribution in [0.3, 0.4) is 0 Å². The summed E-state index contributed by atoms with van der Waals surface area (Å²) in [5.41, 5.74) is 6.80. The number of nitrogens with two attached hydrogens (primary N) is 1. The molecule has 6 heteroatoms. The van der Waals surface area contributed by atoms with E-state index in [1.807, 2.05) is 0 Å². The number of likely N-dealkylation sites (tertiary alicyclic amines) is 1. The van der Waals surface area contributed by atoms with E-state index in [9.17, 15) is 9.59 Å². The first-order valence-corrected chi connectivity index (χ1v) is 7.14. The Morgan fingerprint density at radius 1 is 1.48 bits per heavy atom. The summed E-state index contributed by atoms with van der Waals surface area (Å²) in [7, 11) is 1.55. The quantitative estimate of drug-likeness (QED) is 0.782. The summed E-state index contributed by atoms with van der Waals surface area (Å²) in [4.78, 5) is 26.4. The van der Waals surface area contributed by atoms with Gasteiger partial charge in [-0.2, -0.15) is 0 Å². The van der Waals surface area contributed by atoms with Gasteiger partial charge in [0.15, 0.2) is 0 Å². The van der Waals surface area contributed by atoms with Crippen molar-refractivity contribution in [3.8, 4) is 5.75 Å². The molecule has 3 N–H and O–H groups in total. The van der Waals surface area contributed by atoms with E-state index >= 15 is 0 Å². The number of carbonyl (C=O) groups is 2. The maximum Gasteiger partial charge on any atom is 0.256 e. The second-order valence-corrected chi connectivity index (χ2v) is 5.51. The number of rotatable bonds is 2. The Labute approximate surface area is 123 Å². The summed E-state index contributed by atoms with van der Waals surface area (Å²) < 4.78 is 5.16. The van der Waals surface area contributed by atoms with Crippen LogP contribution in [-0.2, 0) is 4.79 Å². The van der Waals surface area contributed by atoms with Gasteiger partial charge in [-0.25, -0.2) is 0 Å². The number of carbonyl (C=O) groups excluding carboxylic acids is 2. The normalized spacial score (nSPS) is 24.4. The molecule has 1 aromatic rings. The first-order valence-electron chi connectivity index (χ1n) is 7.14. The zero-order valence-corrected chi connectivity index (χ0v) is 12.0. The zero-order chi connectivity index (χ0) is 15.0. The lowest BCUT2D eigenvalue weighted by atomic mass is 9.91. The van der Waals surface area contributed by atoms with E-state index in [0.29, 0.717) is 30.1 Å². The Kier molecular flexibility index (Phi) is 3.45. The van der Waals surface area contributed by atoms with Gasteiger partial charge in [-0.1, -0.05) is 0 Å². The number of hydrogen-bond acceptors (Lipinski definition) is 4. The molecule has 0 spiro atoms. The van der Waals surface area contributed by atoms with Crippen LogP contribution in [0.2, 0.25) is 0 Å². The predicted molar refractivity (Wildman–Crippen MR) is 78.0 cm³/mol. The van der Waals surface area contributed by atoms with Crippen LogP contribution in [0.5, 0.6) is 5.75 Å². The maximum atomic E-state index is 12.8. The van der Waals surface area contributed by atoms with Crippen LogP contribution in [0.4, 0.5) is 5.69 Å². The Bertz CT molecular complexity index is 588. The monoisotopic (exact) mass is 289 g/mol. The van der Waals surface area contributed by atoms with E-state index in [4.69, 9.17) is 10.5 Å². The van der Waals surface area contributed by atoms with Gasteiger partial charge in [0.1, 0.15) is 5.75 Å². The van der Waals surface area contributed by atoms with Crippen LogP contribution in [0.25, 0.3) is 0 Å². The minimum absolute atomic E-state index is 0.0520. The molecule has 2 aliphatic rings. The molecule has 21 heavy (non-hydrogen) atoms. The van der Waals surface area contributed by atoms with Gasteiger partial charge in [-0.05, 0) is 31.0 Å². The zero-order valence-electron chi connectivity index (χ0n) is 12.0. The number of nitrogens with one attached hydrogen (secondary N) is 1. The van der Waals surface area contributed by atoms with Crippen molar-refractivity contribution in [3.05, 3.63) is 23.8 Å². The van der Waals surface area contributed by atoms with Crippen molar-refractivity contribution in [2.75, 3.05) is 25.9 Å². The summed E-state index contributed by atoms with van der Waals surface area (Å²) >= 11 is 0. The third-order valence-electron chi connectivity index (χ3n) is 4.35. The standard InChI is InChI=1S/C15H19N3O3/c1-21-9-4-5-12(16)11(7-9)15(20)18-6-2-3-10-13(18)8-17-14(10)19/h4-5,7,10,13H,2-3,6,8,16H2,1H3,(H,17,19). The maximum absolute atomic E-state index is 12.8. The molecule has 2 heterocycles. The molecule has 0 aliphatic carbocycles. The van der Waals surface area contributed by atoms with Gasteiger partial charge in [0, 0.05) is 18.8 Å². The van der Waals surface area contributed by atoms with E-state index < -0.39 is 0 Å². The first-order chi connectivity index (χ1) is 10.1. The van der Waals surface area contributed by atoms with Crippen molar-refractivity contribution in [2.24, 2.45) is 5.92 Å². The van der Waals surface area contributed by atoms with Crippen LogP contribution in [0.1, 0.15) is 23.2 Å². The SMILES string of the molecule is COc1ccc(N)c(C(=O)N2CCCC3C(=O)NCC32)c1. The summed E-state index contributed by atoms with van der Waals surface area (Å²) in [6.07, 6.45) is 1.68. The van der Waals surface area contributed by atoms with E-state index in [0.717, 1.165) is 12.8 Å². The lowest BCUT2D eigenvalue weighted by molar-refractivity contribution is -0.123. The molecular formula is C15H19N3O3. The number of methoxy groups -OCH3 is 1. The van der Waals surface area contributed by atoms with E-state index in [-0.39, 0.29) is 23.8 Å². The third kappa shape index (κ3) is 2.30. The molecular weight excluding hydrogens is 270 g/mol. The van der Waals surface area contributed by atoms with Crippen LogP contribution in [-0.4, -0.2) is 43.0 Å². The fourth-order valence-electron chi connectivity index (χ4n) is 3.21. The number of piperidine rings is 1. The van der Waals surface area contributed by atoms with Gasteiger partial charge >= 0.3 is 0 Å². The number of anilines is 1. The second-order valence-electron chi connectivity index (χ2n) is 5.51. The molecule has 2 saturated heterocycles. The van der Waals surface area contributed by atoms with Gasteiger partial charge in [0.05, 0.1) is 24.6 Å². The molecule has 6 nitrogen and oxygen atoms in total. The topological polar surface area (TPSA) is 84.7 Å². The fourth-order valence-corrected chi connectivity index (χ4v) is 3.21. The fraction of sp³-hybridized carbons (Fsp3) is 0.467. The Morgan fingerprint density at radius 2 is 2.29 bits per heavy atom. The molecule has 0 saturated carbocycles. The Morgan fingerprint density at radius 3 is 3.05 bits per heavy atom. The number of benzene rings is 1. The van der Waals surface area contributed by atoms with E-state index in [1.165, 1.54) is 0 Å². The molecule has 2 amide bonds. The van der Waals surface area contributed by atoms with E-state index in [1.54, 1.807) is 30.2 Å². The number of nitrogens with zero attached hydrogens (tertiary/aromatic N) is 1. The van der Waals surface area contributed by atoms with Crippen LogP contribution >= 0.6 is 0 Å². The molecule has 2 unspecified atom stereocenters. The van der Waals surface area contributed by atoms with Gasteiger partial charge in [0.25, 0.3) is 5.91 Å². The average Bonchev–Trinajstić information content (AvgIpc) is 2.89. The Hall–Kier alpha value is -2.24. The number of amides is 2. The van der Waals surface area contributed by atoms with Gasteiger partial charge < -0.3 is 20.7 Å². The number of hydrogen-bond donors (Lipinski definition) is 2. The number of fused-ring (bicyclic) bond motifs is 1. The summed E-state index contributed by atoms with van der Waals surface area (Å²) in [6, 6.07) is 4.99. The average molecular weight is 289 g/mol. The summed E-state index contributed by atoms with van der Waals surface area (Å²) in [5.74, 6) is 0.435. The Balaban J connectivity index is 1.89. The van der Waals surface area contributed by atoms with Gasteiger partial charge in [-0.3, -0.25) is 9.59 Å². The molecule has 112 valence electrons. The van der Waals surface area contributed by atoms with Crippen molar-refractivity contribution < 1.29 is 14.3 Å². The highest BCUT2D eigenvalue weighted by Crippen LogP contribution is 2.30. The van der Waals surface area contributed by atoms with Crippen molar-refractivity contribution in [2.45, 2.75) is 18.9 Å². The number of nitrogen functional groups attached to an aromatic ring is 1. The molecule has 1 aromatic carbocycles. The molecule has 0 radical (unpaired) electrons. The van der Waals surface area contributed by atoms with Crippen LogP contribution in [0, 0.1) is 5.92 Å². The lowest BCUT2D eigenvalue weighted by Crippen LogP contribution is -2.48. The summed E-state index contributed by atoms with van der Waals surface area (Å²) in [6.45, 7) is 1.19. The predicted octanol–water partition coefficient (Wildman–Crippen LogP) is 0.628. The van der Waals surface area contributed by atoms with Crippen molar-refractivity contribution >= 4 is 17.5 Å². The van der Waals surface area contributed by atoms with Crippen molar-refractivity contribution in [1.29, 1.82) is 0 Å². The minimum Gasteiger partial charge on any atom is -0.497 e. The molecule has 3 rings (SSSR count). The molecule has 0 aromatic heterocycles. The smallest absolute Gasteiger partial charge is 0.256 e. The van der Waals surface area contributed by atoms with Crippen molar-refractivity contribution in [1.82, 2.24) is 10.2 Å². The highest BCUT2D eigenvalue weighted by molar-refractivity contribution is 6.00. The second kappa shape index (κ2) is 5.27. The lowest BCUT2D eigenvalue weighted by Gasteiger charge is -2.36. The molecule has 2 fully saturated rings. The third-order valence-corrected chi connectivity index (χ3v) is 4.35. The van der Waals surface area contributed by atoms with Crippen LogP contribution in [0.15, 0.2) is 18.2 Å². The van der Waals surface area contributed by atoms with Crippen molar-refractivity contribution in [3.63, 3.8) is 0 Å². The number of ether oxygens (including phenoxy) is 1. The van der Waals surface area contributed by atoms with Crippen LogP contribution < -0.4 is 15.8 Å². The first kappa shape index (κ1) is 13.7. The van der Waals surface area contributed by atoms with Gasteiger partial charge in [0.2, 0.25) is 5.91 Å². The van der Waals surface area contributed by atoms with E-state index in [2.05, 4.69) is 5.32 Å². The molecule has 2 aliphatic heterocycles. The highest BCUT2D eigenvalue weighted by atomic mass is 16.5. The largest absolute Gasteiger partial charge is 0.497 e. The minimum atomic E-state index is -0.127. The molecule has 2 atom stereocenters.